The second kappa shape index (κ2) is 8.27. The van der Waals surface area contributed by atoms with Gasteiger partial charge in [-0.15, -0.1) is 0 Å². The van der Waals surface area contributed by atoms with Gasteiger partial charge in [-0.1, -0.05) is 6.92 Å². The van der Waals surface area contributed by atoms with Gasteiger partial charge in [-0.3, -0.25) is 4.68 Å². The van der Waals surface area contributed by atoms with Gasteiger partial charge in [0, 0.05) is 31.3 Å². The summed E-state index contributed by atoms with van der Waals surface area (Å²) in [7, 11) is 0. The van der Waals surface area contributed by atoms with Crippen molar-refractivity contribution in [3.05, 3.63) is 18.0 Å². The van der Waals surface area contributed by atoms with E-state index in [9.17, 15) is 0 Å². The number of aromatic nitrogens is 2. The number of ether oxygens (including phenoxy) is 1. The van der Waals surface area contributed by atoms with Crippen molar-refractivity contribution in [1.29, 1.82) is 0 Å². The lowest BCUT2D eigenvalue weighted by Crippen LogP contribution is -2.36. The van der Waals surface area contributed by atoms with E-state index in [1.807, 2.05) is 11.6 Å². The molecule has 0 aliphatic rings. The summed E-state index contributed by atoms with van der Waals surface area (Å²) in [5.41, 5.74) is 1.14. The molecule has 0 fully saturated rings. The Balaban J connectivity index is 2.51. The average Bonchev–Trinajstić information content (AvgIpc) is 2.81. The van der Waals surface area contributed by atoms with Crippen molar-refractivity contribution in [2.75, 3.05) is 19.8 Å². The van der Waals surface area contributed by atoms with Crippen molar-refractivity contribution < 1.29 is 4.74 Å². The first-order chi connectivity index (χ1) is 8.67. The van der Waals surface area contributed by atoms with Crippen LogP contribution in [0.25, 0.3) is 0 Å². The monoisotopic (exact) mass is 253 g/mol. The second-order valence-corrected chi connectivity index (χ2v) is 4.90. The summed E-state index contributed by atoms with van der Waals surface area (Å²) in [6.45, 7) is 11.1. The Morgan fingerprint density at radius 2 is 2.17 bits per heavy atom. The molecule has 1 N–H and O–H groups in total. The fourth-order valence-corrected chi connectivity index (χ4v) is 1.82. The lowest BCUT2D eigenvalue weighted by Gasteiger charge is -2.17. The highest BCUT2D eigenvalue weighted by Crippen LogP contribution is 2.06. The minimum Gasteiger partial charge on any atom is -0.380 e. The van der Waals surface area contributed by atoms with Gasteiger partial charge in [0.1, 0.15) is 0 Å². The van der Waals surface area contributed by atoms with Gasteiger partial charge in [0.05, 0.1) is 12.3 Å². The van der Waals surface area contributed by atoms with Gasteiger partial charge in [0.25, 0.3) is 0 Å². The standard InChI is InChI=1S/C14H27N3O/c1-5-8-15-14(11-18-6-2)10-13-7-9-17(16-13)12(3)4/h7,9,12,14-15H,5-6,8,10-11H2,1-4H3. The molecule has 0 saturated carbocycles. The van der Waals surface area contributed by atoms with Crippen LogP contribution >= 0.6 is 0 Å². The second-order valence-electron chi connectivity index (χ2n) is 4.90. The lowest BCUT2D eigenvalue weighted by atomic mass is 10.1. The third-order valence-corrected chi connectivity index (χ3v) is 2.85. The molecule has 1 aromatic rings. The molecule has 0 aliphatic heterocycles. The highest BCUT2D eigenvalue weighted by molar-refractivity contribution is 5.02. The van der Waals surface area contributed by atoms with Gasteiger partial charge in [-0.05, 0) is 39.8 Å². The Hall–Kier alpha value is -0.870. The Labute approximate surface area is 111 Å². The van der Waals surface area contributed by atoms with Crippen molar-refractivity contribution in [2.45, 2.75) is 52.6 Å². The van der Waals surface area contributed by atoms with Crippen LogP contribution in [0, 0.1) is 0 Å². The minimum absolute atomic E-state index is 0.361. The molecule has 1 atom stereocenters. The summed E-state index contributed by atoms with van der Waals surface area (Å²) in [5.74, 6) is 0. The summed E-state index contributed by atoms with van der Waals surface area (Å²) >= 11 is 0. The Bertz CT molecular complexity index is 315. The van der Waals surface area contributed by atoms with E-state index in [1.165, 1.54) is 0 Å². The molecule has 1 unspecified atom stereocenters. The van der Waals surface area contributed by atoms with E-state index in [4.69, 9.17) is 4.74 Å². The summed E-state index contributed by atoms with van der Waals surface area (Å²) in [5, 5.41) is 8.10. The van der Waals surface area contributed by atoms with Crippen LogP contribution in [0.15, 0.2) is 12.3 Å². The first kappa shape index (κ1) is 15.2. The fraction of sp³-hybridized carbons (Fsp3) is 0.786. The molecule has 0 aromatic carbocycles. The SMILES string of the molecule is CCCNC(COCC)Cc1ccn(C(C)C)n1. The molecule has 1 heterocycles. The highest BCUT2D eigenvalue weighted by Gasteiger charge is 2.11. The molecule has 4 heteroatoms. The van der Waals surface area contributed by atoms with E-state index in [0.29, 0.717) is 12.1 Å². The van der Waals surface area contributed by atoms with E-state index in [1.54, 1.807) is 0 Å². The van der Waals surface area contributed by atoms with Crippen molar-refractivity contribution in [3.8, 4) is 0 Å². The van der Waals surface area contributed by atoms with Crippen LogP contribution in [0.5, 0.6) is 0 Å². The number of rotatable bonds is 9. The van der Waals surface area contributed by atoms with Gasteiger partial charge < -0.3 is 10.1 Å². The predicted octanol–water partition coefficient (Wildman–Crippen LogP) is 2.41. The predicted molar refractivity (Wildman–Crippen MR) is 74.9 cm³/mol. The van der Waals surface area contributed by atoms with Gasteiger partial charge in [0.2, 0.25) is 0 Å². The summed E-state index contributed by atoms with van der Waals surface area (Å²) in [6.07, 6.45) is 4.13. The van der Waals surface area contributed by atoms with Crippen molar-refractivity contribution in [2.24, 2.45) is 0 Å². The average molecular weight is 253 g/mol. The van der Waals surface area contributed by atoms with E-state index in [0.717, 1.165) is 38.3 Å². The largest absolute Gasteiger partial charge is 0.380 e. The maximum Gasteiger partial charge on any atom is 0.0641 e. The van der Waals surface area contributed by atoms with Gasteiger partial charge in [0.15, 0.2) is 0 Å². The zero-order valence-corrected chi connectivity index (χ0v) is 12.1. The third-order valence-electron chi connectivity index (χ3n) is 2.85. The summed E-state index contributed by atoms with van der Waals surface area (Å²) in [6, 6.07) is 2.89. The fourth-order valence-electron chi connectivity index (χ4n) is 1.82. The van der Waals surface area contributed by atoms with Crippen LogP contribution in [0.2, 0.25) is 0 Å². The molecule has 18 heavy (non-hydrogen) atoms. The van der Waals surface area contributed by atoms with E-state index in [2.05, 4.69) is 43.4 Å². The molecule has 1 rings (SSSR count). The van der Waals surface area contributed by atoms with Gasteiger partial charge in [-0.2, -0.15) is 5.10 Å². The molecule has 104 valence electrons. The molecule has 1 aromatic heterocycles. The smallest absolute Gasteiger partial charge is 0.0641 e. The van der Waals surface area contributed by atoms with Crippen LogP contribution < -0.4 is 5.32 Å². The number of hydrogen-bond donors (Lipinski definition) is 1. The maximum atomic E-state index is 5.52. The minimum atomic E-state index is 0.361. The molecule has 0 saturated heterocycles. The number of hydrogen-bond acceptors (Lipinski definition) is 3. The summed E-state index contributed by atoms with van der Waals surface area (Å²) in [4.78, 5) is 0. The van der Waals surface area contributed by atoms with Gasteiger partial charge >= 0.3 is 0 Å². The number of nitrogens with one attached hydrogen (secondary N) is 1. The quantitative estimate of drug-likeness (QED) is 0.734. The zero-order chi connectivity index (χ0) is 13.4. The molecule has 4 nitrogen and oxygen atoms in total. The zero-order valence-electron chi connectivity index (χ0n) is 12.1. The molecule has 0 amide bonds. The van der Waals surface area contributed by atoms with Gasteiger partial charge in [-0.25, -0.2) is 0 Å². The Morgan fingerprint density at radius 3 is 2.72 bits per heavy atom. The maximum absolute atomic E-state index is 5.52. The molecule has 0 spiro atoms. The molecule has 0 bridgehead atoms. The van der Waals surface area contributed by atoms with E-state index < -0.39 is 0 Å². The van der Waals surface area contributed by atoms with Crippen molar-refractivity contribution >= 4 is 0 Å². The van der Waals surface area contributed by atoms with E-state index >= 15 is 0 Å². The lowest BCUT2D eigenvalue weighted by molar-refractivity contribution is 0.122. The number of nitrogens with zero attached hydrogens (tertiary/aromatic N) is 2. The van der Waals surface area contributed by atoms with Crippen LogP contribution in [0.3, 0.4) is 0 Å². The van der Waals surface area contributed by atoms with Crippen LogP contribution in [0.4, 0.5) is 0 Å². The third kappa shape index (κ3) is 5.19. The topological polar surface area (TPSA) is 39.1 Å². The van der Waals surface area contributed by atoms with Crippen LogP contribution in [-0.2, 0) is 11.2 Å². The first-order valence-corrected chi connectivity index (χ1v) is 7.02. The molecule has 0 radical (unpaired) electrons. The van der Waals surface area contributed by atoms with Crippen molar-refractivity contribution in [1.82, 2.24) is 15.1 Å². The Morgan fingerprint density at radius 1 is 1.39 bits per heavy atom. The van der Waals surface area contributed by atoms with E-state index in [-0.39, 0.29) is 0 Å². The molecular formula is C14H27N3O. The van der Waals surface area contributed by atoms with Crippen LogP contribution in [0.1, 0.15) is 45.9 Å². The van der Waals surface area contributed by atoms with Crippen LogP contribution in [-0.4, -0.2) is 35.6 Å². The first-order valence-electron chi connectivity index (χ1n) is 7.02. The molecule has 0 aliphatic carbocycles. The normalized spacial score (nSPS) is 13.2. The highest BCUT2D eigenvalue weighted by atomic mass is 16.5. The Kier molecular flexibility index (Phi) is 6.98. The molecular weight excluding hydrogens is 226 g/mol. The van der Waals surface area contributed by atoms with Crippen molar-refractivity contribution in [3.63, 3.8) is 0 Å². The summed E-state index contributed by atoms with van der Waals surface area (Å²) < 4.78 is 7.53.